The Hall–Kier alpha value is -3.15. The van der Waals surface area contributed by atoms with Crippen molar-refractivity contribution in [1.29, 1.82) is 0 Å². The molecule has 1 saturated carbocycles. The van der Waals surface area contributed by atoms with E-state index in [0.717, 1.165) is 11.3 Å². The van der Waals surface area contributed by atoms with Gasteiger partial charge in [0.25, 0.3) is 0 Å². The average molecular weight is 421 g/mol. The molecule has 1 heterocycles. The van der Waals surface area contributed by atoms with Gasteiger partial charge in [0.05, 0.1) is 30.4 Å². The van der Waals surface area contributed by atoms with Crippen LogP contribution in [0.5, 0.6) is 11.5 Å². The average Bonchev–Trinajstić information content (AvgIpc) is 2.87. The molecule has 0 aromatic heterocycles. The second-order valence-electron chi connectivity index (χ2n) is 9.05. The number of aromatic hydroxyl groups is 1. The van der Waals surface area contributed by atoms with Crippen LogP contribution in [0, 0.1) is 11.3 Å². The number of carbonyl (C=O) groups is 2. The van der Waals surface area contributed by atoms with Gasteiger partial charge in [-0.3, -0.25) is 14.6 Å². The lowest BCUT2D eigenvalue weighted by atomic mass is 9.68. The van der Waals surface area contributed by atoms with Crippen molar-refractivity contribution in [2.75, 3.05) is 12.0 Å². The maximum atomic E-state index is 13.5. The van der Waals surface area contributed by atoms with Crippen LogP contribution in [0.3, 0.4) is 0 Å². The monoisotopic (exact) mass is 420 g/mol. The minimum absolute atomic E-state index is 0.0126. The third-order valence-electron chi connectivity index (χ3n) is 6.13. The van der Waals surface area contributed by atoms with Gasteiger partial charge in [-0.2, -0.15) is 0 Å². The van der Waals surface area contributed by atoms with E-state index in [2.05, 4.69) is 13.8 Å². The number of para-hydroxylation sites is 2. The van der Waals surface area contributed by atoms with Crippen LogP contribution < -0.4 is 9.64 Å². The lowest BCUT2D eigenvalue weighted by molar-refractivity contribution is -0.125. The van der Waals surface area contributed by atoms with E-state index in [1.165, 1.54) is 7.11 Å². The number of hydrogen-bond acceptors (Lipinski definition) is 5. The summed E-state index contributed by atoms with van der Waals surface area (Å²) < 4.78 is 5.33. The van der Waals surface area contributed by atoms with Crippen LogP contribution in [0.25, 0.3) is 0 Å². The van der Waals surface area contributed by atoms with E-state index in [4.69, 9.17) is 9.73 Å². The summed E-state index contributed by atoms with van der Waals surface area (Å²) in [4.78, 5) is 33.4. The standard InChI is InChI=1S/C25H28N2O4/c1-5-22(30)27-18-9-7-6-8-16(18)26-17-13-25(2,3)14-20(29)23(17)24(27)15-10-11-19(28)21(12-15)31-4/h6-12,23-24,28H,5,13-14H2,1-4H3/t23?,24-/m0/s1. The third kappa shape index (κ3) is 3.71. The molecule has 1 amide bonds. The molecule has 0 radical (unpaired) electrons. The minimum atomic E-state index is -0.562. The number of methoxy groups -OCH3 is 1. The number of Topliss-reactive ketones (excluding diaryl/α,β-unsaturated/α-hetero) is 1. The molecule has 6 nitrogen and oxygen atoms in total. The fourth-order valence-corrected chi connectivity index (χ4v) is 4.79. The molecule has 2 atom stereocenters. The second kappa shape index (κ2) is 7.84. The molecule has 1 aliphatic carbocycles. The molecular formula is C25H28N2O4. The van der Waals surface area contributed by atoms with Gasteiger partial charge in [0.1, 0.15) is 5.78 Å². The fourth-order valence-electron chi connectivity index (χ4n) is 4.79. The van der Waals surface area contributed by atoms with Gasteiger partial charge in [0.2, 0.25) is 5.91 Å². The Kier molecular flexibility index (Phi) is 5.33. The SMILES string of the molecule is CCC(=O)N1c2ccccc2N=C2CC(C)(C)CC(=O)C2[C@@H]1c1ccc(O)c(OC)c1. The van der Waals surface area contributed by atoms with Crippen LogP contribution >= 0.6 is 0 Å². The van der Waals surface area contributed by atoms with Crippen molar-refractivity contribution in [3.63, 3.8) is 0 Å². The number of hydrogen-bond donors (Lipinski definition) is 1. The van der Waals surface area contributed by atoms with Crippen LogP contribution in [0.1, 0.15) is 51.6 Å². The van der Waals surface area contributed by atoms with E-state index in [0.29, 0.717) is 36.4 Å². The fraction of sp³-hybridized carbons (Fsp3) is 0.400. The summed E-state index contributed by atoms with van der Waals surface area (Å²) in [6.45, 7) is 5.97. The molecular weight excluding hydrogens is 392 g/mol. The van der Waals surface area contributed by atoms with Gasteiger partial charge in [-0.1, -0.05) is 39.0 Å². The molecule has 1 aliphatic heterocycles. The number of amides is 1. The first-order valence-corrected chi connectivity index (χ1v) is 10.6. The Morgan fingerprint density at radius 3 is 2.68 bits per heavy atom. The third-order valence-corrected chi connectivity index (χ3v) is 6.13. The number of phenols is 1. The van der Waals surface area contributed by atoms with Gasteiger partial charge in [0, 0.05) is 18.6 Å². The first-order valence-electron chi connectivity index (χ1n) is 10.6. The van der Waals surface area contributed by atoms with Crippen molar-refractivity contribution in [2.45, 2.75) is 46.1 Å². The van der Waals surface area contributed by atoms with Crippen molar-refractivity contribution in [3.05, 3.63) is 48.0 Å². The first-order chi connectivity index (χ1) is 14.8. The van der Waals surface area contributed by atoms with E-state index in [-0.39, 0.29) is 22.9 Å². The number of anilines is 1. The summed E-state index contributed by atoms with van der Waals surface area (Å²) in [7, 11) is 1.48. The number of rotatable bonds is 3. The lowest BCUT2D eigenvalue weighted by Crippen LogP contribution is -2.47. The van der Waals surface area contributed by atoms with E-state index in [1.807, 2.05) is 31.2 Å². The van der Waals surface area contributed by atoms with Gasteiger partial charge in [-0.05, 0) is 41.7 Å². The highest BCUT2D eigenvalue weighted by atomic mass is 16.5. The largest absolute Gasteiger partial charge is 0.504 e. The summed E-state index contributed by atoms with van der Waals surface area (Å²) in [5.41, 5.74) is 2.74. The number of nitrogens with zero attached hydrogens (tertiary/aromatic N) is 2. The summed E-state index contributed by atoms with van der Waals surface area (Å²) in [6.07, 6.45) is 1.40. The molecule has 1 unspecified atom stereocenters. The van der Waals surface area contributed by atoms with E-state index >= 15 is 0 Å². The zero-order chi connectivity index (χ0) is 22.3. The van der Waals surface area contributed by atoms with Crippen molar-refractivity contribution >= 4 is 28.8 Å². The summed E-state index contributed by atoms with van der Waals surface area (Å²) in [5.74, 6) is -0.239. The van der Waals surface area contributed by atoms with Crippen LogP contribution in [-0.4, -0.2) is 29.6 Å². The number of benzene rings is 2. The van der Waals surface area contributed by atoms with Gasteiger partial charge in [-0.15, -0.1) is 0 Å². The molecule has 6 heteroatoms. The molecule has 2 aromatic carbocycles. The highest BCUT2D eigenvalue weighted by molar-refractivity contribution is 6.13. The predicted molar refractivity (Wildman–Crippen MR) is 120 cm³/mol. The van der Waals surface area contributed by atoms with E-state index < -0.39 is 12.0 Å². The highest BCUT2D eigenvalue weighted by Crippen LogP contribution is 2.49. The van der Waals surface area contributed by atoms with Crippen LogP contribution in [0.2, 0.25) is 0 Å². The Morgan fingerprint density at radius 2 is 1.97 bits per heavy atom. The quantitative estimate of drug-likeness (QED) is 0.760. The number of fused-ring (bicyclic) bond motifs is 2. The van der Waals surface area contributed by atoms with E-state index in [9.17, 15) is 14.7 Å². The minimum Gasteiger partial charge on any atom is -0.504 e. The van der Waals surface area contributed by atoms with Gasteiger partial charge in [-0.25, -0.2) is 0 Å². The second-order valence-corrected chi connectivity index (χ2v) is 9.05. The summed E-state index contributed by atoms with van der Waals surface area (Å²) in [6, 6.07) is 12.0. The Morgan fingerprint density at radius 1 is 1.23 bits per heavy atom. The Bertz CT molecular complexity index is 1070. The molecule has 0 saturated heterocycles. The zero-order valence-electron chi connectivity index (χ0n) is 18.4. The highest BCUT2D eigenvalue weighted by Gasteiger charge is 2.47. The normalized spacial score (nSPS) is 22.1. The molecule has 2 aromatic rings. The zero-order valence-corrected chi connectivity index (χ0v) is 18.4. The molecule has 0 spiro atoms. The molecule has 0 bridgehead atoms. The first kappa shape index (κ1) is 21.1. The number of ketones is 1. The molecule has 162 valence electrons. The Balaban J connectivity index is 1.99. The summed E-state index contributed by atoms with van der Waals surface area (Å²) >= 11 is 0. The molecule has 2 aliphatic rings. The predicted octanol–water partition coefficient (Wildman–Crippen LogP) is 4.98. The number of ether oxygens (including phenoxy) is 1. The van der Waals surface area contributed by atoms with Crippen molar-refractivity contribution in [2.24, 2.45) is 16.3 Å². The van der Waals surface area contributed by atoms with Crippen molar-refractivity contribution < 1.29 is 19.4 Å². The van der Waals surface area contributed by atoms with Crippen molar-refractivity contribution in [1.82, 2.24) is 0 Å². The Labute approximate surface area is 182 Å². The number of phenolic OH excluding ortho intramolecular Hbond substituents is 1. The maximum Gasteiger partial charge on any atom is 0.227 e. The number of carbonyl (C=O) groups excluding carboxylic acids is 2. The maximum absolute atomic E-state index is 13.5. The lowest BCUT2D eigenvalue weighted by Gasteiger charge is -2.41. The molecule has 1 fully saturated rings. The number of aliphatic imine (C=N–C) groups is 1. The van der Waals surface area contributed by atoms with E-state index in [1.54, 1.807) is 23.1 Å². The topological polar surface area (TPSA) is 79.2 Å². The van der Waals surface area contributed by atoms with Gasteiger partial charge < -0.3 is 14.7 Å². The van der Waals surface area contributed by atoms with Gasteiger partial charge >= 0.3 is 0 Å². The smallest absolute Gasteiger partial charge is 0.227 e. The molecule has 4 rings (SSSR count). The van der Waals surface area contributed by atoms with Crippen molar-refractivity contribution in [3.8, 4) is 11.5 Å². The van der Waals surface area contributed by atoms with Crippen LogP contribution in [-0.2, 0) is 9.59 Å². The summed E-state index contributed by atoms with van der Waals surface area (Å²) in [5, 5.41) is 10.1. The van der Waals surface area contributed by atoms with Crippen LogP contribution in [0.4, 0.5) is 11.4 Å². The van der Waals surface area contributed by atoms with Crippen LogP contribution in [0.15, 0.2) is 47.5 Å². The van der Waals surface area contributed by atoms with Gasteiger partial charge in [0.15, 0.2) is 11.5 Å². The molecule has 1 N–H and O–H groups in total. The molecule has 31 heavy (non-hydrogen) atoms.